The van der Waals surface area contributed by atoms with E-state index in [0.29, 0.717) is 24.0 Å². The number of rotatable bonds is 3. The SMILES string of the molecule is C=CC(=O)N1[C@@H]2CC[C@H]1CN(c1snc3c(F)c(-c4cc(O)cc5ccccc45)c(Cl)cc13)C2. The van der Waals surface area contributed by atoms with E-state index < -0.39 is 5.82 Å². The zero-order valence-electron chi connectivity index (χ0n) is 18.2. The largest absolute Gasteiger partial charge is 0.508 e. The standard InChI is InChI=1S/C26H21ClFN3O2S/c1-2-22(33)31-15-7-8-16(31)13-30(12-15)26-20-11-21(27)23(24(28)25(20)29-34-26)19-10-17(32)9-14-5-3-4-6-18(14)19/h2-6,9-11,15-16,32H,1,7-8,12-13H2/t15-,16+. The molecule has 34 heavy (non-hydrogen) atoms. The van der Waals surface area contributed by atoms with Crippen LogP contribution in [0.15, 0.2) is 55.1 Å². The lowest BCUT2D eigenvalue weighted by Crippen LogP contribution is -2.55. The molecule has 0 aliphatic carbocycles. The molecule has 2 fully saturated rings. The van der Waals surface area contributed by atoms with Gasteiger partial charge in [0.05, 0.1) is 5.02 Å². The first-order valence-electron chi connectivity index (χ1n) is 11.2. The molecule has 6 rings (SSSR count). The Hall–Kier alpha value is -3.16. The van der Waals surface area contributed by atoms with Gasteiger partial charge in [0.25, 0.3) is 0 Å². The van der Waals surface area contributed by atoms with Gasteiger partial charge >= 0.3 is 0 Å². The number of hydrogen-bond donors (Lipinski definition) is 1. The van der Waals surface area contributed by atoms with Gasteiger partial charge in [0, 0.05) is 36.1 Å². The molecule has 3 heterocycles. The van der Waals surface area contributed by atoms with Crippen LogP contribution in [0.2, 0.25) is 5.02 Å². The van der Waals surface area contributed by atoms with Crippen molar-refractivity contribution in [1.82, 2.24) is 9.27 Å². The highest BCUT2D eigenvalue weighted by Gasteiger charge is 2.42. The number of piperazine rings is 1. The predicted molar refractivity (Wildman–Crippen MR) is 135 cm³/mol. The third-order valence-electron chi connectivity index (χ3n) is 6.96. The molecular formula is C26H21ClFN3O2S. The number of aromatic nitrogens is 1. The molecule has 1 aromatic heterocycles. The molecule has 2 aliphatic heterocycles. The van der Waals surface area contributed by atoms with Crippen LogP contribution in [0.1, 0.15) is 12.8 Å². The summed E-state index contributed by atoms with van der Waals surface area (Å²) in [5.41, 5.74) is 1.03. The van der Waals surface area contributed by atoms with Crippen LogP contribution in [-0.4, -0.2) is 45.5 Å². The molecule has 2 bridgehead atoms. The van der Waals surface area contributed by atoms with Crippen molar-refractivity contribution in [1.29, 1.82) is 0 Å². The number of carbonyl (C=O) groups is 1. The number of amides is 1. The van der Waals surface area contributed by atoms with Gasteiger partial charge in [0.1, 0.15) is 16.3 Å². The van der Waals surface area contributed by atoms with Crippen LogP contribution in [0.5, 0.6) is 5.75 Å². The molecule has 0 unspecified atom stereocenters. The van der Waals surface area contributed by atoms with E-state index in [-0.39, 0.29) is 39.8 Å². The van der Waals surface area contributed by atoms with Gasteiger partial charge in [-0.05, 0) is 65.0 Å². The summed E-state index contributed by atoms with van der Waals surface area (Å²) in [5, 5.41) is 13.7. The smallest absolute Gasteiger partial charge is 0.246 e. The number of phenolic OH excluding ortho intramolecular Hbond substituents is 1. The second kappa shape index (κ2) is 7.96. The maximum absolute atomic E-state index is 15.9. The first-order valence-corrected chi connectivity index (χ1v) is 12.3. The van der Waals surface area contributed by atoms with Crippen LogP contribution >= 0.6 is 23.1 Å². The fourth-order valence-electron chi connectivity index (χ4n) is 5.51. The Morgan fingerprint density at radius 1 is 1.18 bits per heavy atom. The fourth-order valence-corrected chi connectivity index (χ4v) is 6.68. The minimum Gasteiger partial charge on any atom is -0.508 e. The number of anilines is 1. The maximum Gasteiger partial charge on any atom is 0.246 e. The normalized spacial score (nSPS) is 19.8. The molecule has 1 N–H and O–H groups in total. The molecule has 5 nitrogen and oxygen atoms in total. The summed E-state index contributed by atoms with van der Waals surface area (Å²) in [5.74, 6) is -0.478. The van der Waals surface area contributed by atoms with E-state index in [1.807, 2.05) is 29.2 Å². The second-order valence-electron chi connectivity index (χ2n) is 8.89. The minimum absolute atomic E-state index is 0.0293. The third-order valence-corrected chi connectivity index (χ3v) is 8.18. The van der Waals surface area contributed by atoms with E-state index in [1.165, 1.54) is 17.6 Å². The Labute approximate surface area is 204 Å². The van der Waals surface area contributed by atoms with E-state index in [2.05, 4.69) is 15.9 Å². The monoisotopic (exact) mass is 493 g/mol. The van der Waals surface area contributed by atoms with Crippen LogP contribution in [-0.2, 0) is 4.79 Å². The fraction of sp³-hybridized carbons (Fsp3) is 0.231. The molecule has 172 valence electrons. The van der Waals surface area contributed by atoms with E-state index in [0.717, 1.165) is 28.6 Å². The molecule has 0 saturated carbocycles. The lowest BCUT2D eigenvalue weighted by molar-refractivity contribution is -0.129. The molecule has 0 spiro atoms. The van der Waals surface area contributed by atoms with Gasteiger partial charge < -0.3 is 14.9 Å². The highest BCUT2D eigenvalue weighted by molar-refractivity contribution is 7.11. The molecule has 0 radical (unpaired) electrons. The molecule has 2 aliphatic rings. The average Bonchev–Trinajstić information content (AvgIpc) is 3.36. The number of hydrogen-bond acceptors (Lipinski definition) is 5. The summed E-state index contributed by atoms with van der Waals surface area (Å²) in [6, 6.07) is 12.7. The summed E-state index contributed by atoms with van der Waals surface area (Å²) in [6.07, 6.45) is 3.27. The van der Waals surface area contributed by atoms with Gasteiger partial charge in [-0.1, -0.05) is 42.4 Å². The van der Waals surface area contributed by atoms with Crippen molar-refractivity contribution in [2.24, 2.45) is 0 Å². The first kappa shape index (κ1) is 21.4. The third kappa shape index (κ3) is 3.18. The Bertz CT molecular complexity index is 1470. The van der Waals surface area contributed by atoms with Crippen molar-refractivity contribution >= 4 is 55.7 Å². The Kier molecular flexibility index (Phi) is 5.00. The van der Waals surface area contributed by atoms with Crippen molar-refractivity contribution in [3.05, 3.63) is 66.0 Å². The average molecular weight is 494 g/mol. The predicted octanol–water partition coefficient (Wildman–Crippen LogP) is 5.98. The van der Waals surface area contributed by atoms with Crippen LogP contribution < -0.4 is 4.90 Å². The molecule has 1 amide bonds. The quantitative estimate of drug-likeness (QED) is 0.357. The van der Waals surface area contributed by atoms with Crippen molar-refractivity contribution in [2.45, 2.75) is 24.9 Å². The molecule has 4 aromatic rings. The van der Waals surface area contributed by atoms with Crippen LogP contribution in [0.4, 0.5) is 9.39 Å². The molecule has 2 atom stereocenters. The van der Waals surface area contributed by atoms with Crippen molar-refractivity contribution in [3.8, 4) is 16.9 Å². The van der Waals surface area contributed by atoms with Crippen LogP contribution in [0, 0.1) is 5.82 Å². The van der Waals surface area contributed by atoms with Gasteiger partial charge in [-0.3, -0.25) is 4.79 Å². The summed E-state index contributed by atoms with van der Waals surface area (Å²) < 4.78 is 20.4. The number of fused-ring (bicyclic) bond motifs is 4. The van der Waals surface area contributed by atoms with Crippen LogP contribution in [0.3, 0.4) is 0 Å². The zero-order chi connectivity index (χ0) is 23.6. The summed E-state index contributed by atoms with van der Waals surface area (Å²) in [4.78, 5) is 16.4. The van der Waals surface area contributed by atoms with E-state index in [4.69, 9.17) is 11.6 Å². The number of nitrogens with zero attached hydrogens (tertiary/aromatic N) is 3. The van der Waals surface area contributed by atoms with Crippen molar-refractivity contribution in [3.63, 3.8) is 0 Å². The zero-order valence-corrected chi connectivity index (χ0v) is 19.7. The van der Waals surface area contributed by atoms with Gasteiger partial charge in [-0.15, -0.1) is 0 Å². The second-order valence-corrected chi connectivity index (χ2v) is 10.0. The van der Waals surface area contributed by atoms with E-state index in [1.54, 1.807) is 18.2 Å². The summed E-state index contributed by atoms with van der Waals surface area (Å²) in [7, 11) is 0. The Morgan fingerprint density at radius 3 is 2.65 bits per heavy atom. The molecular weight excluding hydrogens is 473 g/mol. The number of halogens is 2. The lowest BCUT2D eigenvalue weighted by atomic mass is 9.96. The molecule has 2 saturated heterocycles. The van der Waals surface area contributed by atoms with Crippen molar-refractivity contribution in [2.75, 3.05) is 18.0 Å². The number of phenols is 1. The lowest BCUT2D eigenvalue weighted by Gasteiger charge is -2.41. The summed E-state index contributed by atoms with van der Waals surface area (Å²) >= 11 is 7.94. The highest BCUT2D eigenvalue weighted by Crippen LogP contribution is 2.45. The van der Waals surface area contributed by atoms with Gasteiger partial charge in [0.15, 0.2) is 5.82 Å². The summed E-state index contributed by atoms with van der Waals surface area (Å²) in [6.45, 7) is 4.98. The van der Waals surface area contributed by atoms with Gasteiger partial charge in [0.2, 0.25) is 5.91 Å². The van der Waals surface area contributed by atoms with Gasteiger partial charge in [-0.25, -0.2) is 4.39 Å². The van der Waals surface area contributed by atoms with Crippen LogP contribution in [0.25, 0.3) is 32.8 Å². The first-order chi connectivity index (χ1) is 16.5. The topological polar surface area (TPSA) is 56.7 Å². The number of carbonyl (C=O) groups excluding carboxylic acids is 1. The minimum atomic E-state index is -0.496. The molecule has 3 aromatic carbocycles. The maximum atomic E-state index is 15.9. The Balaban J connectivity index is 1.44. The van der Waals surface area contributed by atoms with Crippen molar-refractivity contribution < 1.29 is 14.3 Å². The molecule has 8 heteroatoms. The van der Waals surface area contributed by atoms with E-state index >= 15 is 4.39 Å². The van der Waals surface area contributed by atoms with E-state index in [9.17, 15) is 9.90 Å². The number of benzene rings is 3. The Morgan fingerprint density at radius 2 is 1.91 bits per heavy atom. The van der Waals surface area contributed by atoms with Gasteiger partial charge in [-0.2, -0.15) is 4.37 Å². The number of aromatic hydroxyl groups is 1. The highest BCUT2D eigenvalue weighted by atomic mass is 35.5.